The standard InChI is InChI=1S/C29H26N4O3S/c1-3-36-29(35)24-21-13-7-8-14-23(21)37-28(24)32-27(34)20(17-30)16-22-25(19-11-5-4-6-12-19)31-26-18(2)10-9-15-33(22)26/h4-6,9-12,15-16H,3,7-8,13-14H2,1-2H3,(H,32,34). The molecule has 1 amide bonds. The van der Waals surface area contributed by atoms with Gasteiger partial charge in [-0.05, 0) is 62.8 Å². The number of carbonyl (C=O) groups is 2. The summed E-state index contributed by atoms with van der Waals surface area (Å²) in [6.45, 7) is 3.97. The van der Waals surface area contributed by atoms with E-state index in [9.17, 15) is 14.9 Å². The predicted molar refractivity (Wildman–Crippen MR) is 145 cm³/mol. The van der Waals surface area contributed by atoms with Crippen molar-refractivity contribution in [2.75, 3.05) is 11.9 Å². The fourth-order valence-corrected chi connectivity index (χ4v) is 5.97. The molecule has 0 bridgehead atoms. The average molecular weight is 511 g/mol. The fraction of sp³-hybridized carbons (Fsp3) is 0.241. The second-order valence-corrected chi connectivity index (χ2v) is 9.96. The minimum Gasteiger partial charge on any atom is -0.462 e. The van der Waals surface area contributed by atoms with Gasteiger partial charge in [-0.1, -0.05) is 36.4 Å². The van der Waals surface area contributed by atoms with E-state index in [1.165, 1.54) is 11.3 Å². The Morgan fingerprint density at radius 2 is 1.97 bits per heavy atom. The van der Waals surface area contributed by atoms with Gasteiger partial charge < -0.3 is 10.1 Å². The number of aromatic nitrogens is 2. The van der Waals surface area contributed by atoms with Crippen LogP contribution in [0.15, 0.2) is 54.2 Å². The van der Waals surface area contributed by atoms with Crippen LogP contribution in [0.3, 0.4) is 0 Å². The number of anilines is 1. The SMILES string of the molecule is CCOC(=O)c1c(NC(=O)C(C#N)=Cc2c(-c3ccccc3)nc3c(C)cccn23)sc2c1CCCC2. The van der Waals surface area contributed by atoms with E-state index < -0.39 is 11.9 Å². The second-order valence-electron chi connectivity index (χ2n) is 8.86. The Hall–Kier alpha value is -4.22. The van der Waals surface area contributed by atoms with Gasteiger partial charge >= 0.3 is 5.97 Å². The van der Waals surface area contributed by atoms with Crippen molar-refractivity contribution >= 4 is 39.9 Å². The Balaban J connectivity index is 1.57. The van der Waals surface area contributed by atoms with Gasteiger partial charge in [-0.25, -0.2) is 9.78 Å². The number of thiophene rings is 1. The van der Waals surface area contributed by atoms with E-state index in [1.807, 2.05) is 60.0 Å². The predicted octanol–water partition coefficient (Wildman–Crippen LogP) is 5.97. The summed E-state index contributed by atoms with van der Waals surface area (Å²) in [4.78, 5) is 32.1. The molecule has 0 saturated heterocycles. The van der Waals surface area contributed by atoms with Crippen molar-refractivity contribution in [3.63, 3.8) is 0 Å². The number of amides is 1. The third-order valence-corrected chi connectivity index (χ3v) is 7.66. The third kappa shape index (κ3) is 4.66. The summed E-state index contributed by atoms with van der Waals surface area (Å²) in [6.07, 6.45) is 7.11. The van der Waals surface area contributed by atoms with Crippen LogP contribution in [-0.4, -0.2) is 27.9 Å². The number of aryl methyl sites for hydroxylation is 2. The number of ether oxygens (including phenoxy) is 1. The number of nitriles is 1. The molecular weight excluding hydrogens is 484 g/mol. The maximum atomic E-state index is 13.4. The molecule has 5 rings (SSSR count). The highest BCUT2D eigenvalue weighted by atomic mass is 32.1. The van der Waals surface area contributed by atoms with Gasteiger partial charge in [-0.3, -0.25) is 9.20 Å². The lowest BCUT2D eigenvalue weighted by Gasteiger charge is -2.12. The minimum atomic E-state index is -0.576. The molecule has 7 nitrogen and oxygen atoms in total. The molecule has 1 aromatic carbocycles. The molecule has 0 spiro atoms. The van der Waals surface area contributed by atoms with Crippen LogP contribution in [0.25, 0.3) is 23.0 Å². The van der Waals surface area contributed by atoms with Gasteiger partial charge in [0.1, 0.15) is 22.3 Å². The van der Waals surface area contributed by atoms with Gasteiger partial charge in [-0.15, -0.1) is 11.3 Å². The highest BCUT2D eigenvalue weighted by Crippen LogP contribution is 2.39. The molecule has 186 valence electrons. The number of hydrogen-bond acceptors (Lipinski definition) is 6. The molecule has 37 heavy (non-hydrogen) atoms. The first-order valence-corrected chi connectivity index (χ1v) is 13.1. The van der Waals surface area contributed by atoms with Crippen molar-refractivity contribution in [3.05, 3.63) is 81.5 Å². The van der Waals surface area contributed by atoms with Gasteiger partial charge in [0.25, 0.3) is 5.91 Å². The zero-order chi connectivity index (χ0) is 25.9. The first kappa shape index (κ1) is 24.5. The molecule has 0 fully saturated rings. The summed E-state index contributed by atoms with van der Waals surface area (Å²) in [7, 11) is 0. The summed E-state index contributed by atoms with van der Waals surface area (Å²) in [6, 6.07) is 15.6. The van der Waals surface area contributed by atoms with E-state index >= 15 is 0 Å². The Bertz CT molecular complexity index is 1570. The Kier molecular flexibility index (Phi) is 6.89. The molecule has 0 saturated carbocycles. The lowest BCUT2D eigenvalue weighted by Crippen LogP contribution is -2.16. The summed E-state index contributed by atoms with van der Waals surface area (Å²) in [5.41, 5.74) is 5.21. The van der Waals surface area contributed by atoms with Gasteiger partial charge in [0, 0.05) is 16.6 Å². The summed E-state index contributed by atoms with van der Waals surface area (Å²) < 4.78 is 7.18. The van der Waals surface area contributed by atoms with Crippen LogP contribution in [0, 0.1) is 18.3 Å². The third-order valence-electron chi connectivity index (χ3n) is 6.45. The molecule has 1 aliphatic rings. The number of fused-ring (bicyclic) bond motifs is 2. The van der Waals surface area contributed by atoms with Gasteiger partial charge in [0.15, 0.2) is 0 Å². The van der Waals surface area contributed by atoms with Crippen molar-refractivity contribution in [1.82, 2.24) is 9.38 Å². The number of benzene rings is 1. The quantitative estimate of drug-likeness (QED) is 0.196. The van der Waals surface area contributed by atoms with E-state index in [4.69, 9.17) is 9.72 Å². The molecule has 1 aliphatic carbocycles. The number of esters is 1. The number of nitrogens with one attached hydrogen (secondary N) is 1. The van der Waals surface area contributed by atoms with Crippen molar-refractivity contribution < 1.29 is 14.3 Å². The van der Waals surface area contributed by atoms with Crippen LogP contribution in [-0.2, 0) is 22.4 Å². The number of rotatable bonds is 6. The number of carbonyl (C=O) groups excluding carboxylic acids is 2. The molecule has 0 radical (unpaired) electrons. The number of imidazole rings is 1. The Morgan fingerprint density at radius 3 is 2.73 bits per heavy atom. The normalized spacial score (nSPS) is 13.2. The van der Waals surface area contributed by atoms with E-state index in [1.54, 1.807) is 13.0 Å². The van der Waals surface area contributed by atoms with Crippen LogP contribution in [0.5, 0.6) is 0 Å². The molecular formula is C29H26N4O3S. The van der Waals surface area contributed by atoms with Crippen LogP contribution in [0.1, 0.15) is 51.8 Å². The largest absolute Gasteiger partial charge is 0.462 e. The van der Waals surface area contributed by atoms with E-state index in [0.717, 1.165) is 52.9 Å². The number of hydrogen-bond donors (Lipinski definition) is 1. The summed E-state index contributed by atoms with van der Waals surface area (Å²) in [5.74, 6) is -1.02. The van der Waals surface area contributed by atoms with Crippen LogP contribution in [0.4, 0.5) is 5.00 Å². The second kappa shape index (κ2) is 10.4. The molecule has 1 N–H and O–H groups in total. The lowest BCUT2D eigenvalue weighted by molar-refractivity contribution is -0.112. The summed E-state index contributed by atoms with van der Waals surface area (Å²) in [5, 5.41) is 13.3. The Labute approximate surface area is 219 Å². The molecule has 0 aliphatic heterocycles. The fourth-order valence-electron chi connectivity index (χ4n) is 4.70. The van der Waals surface area contributed by atoms with Gasteiger partial charge in [0.2, 0.25) is 0 Å². The van der Waals surface area contributed by atoms with Crippen molar-refractivity contribution in [2.24, 2.45) is 0 Å². The zero-order valence-electron chi connectivity index (χ0n) is 20.7. The summed E-state index contributed by atoms with van der Waals surface area (Å²) >= 11 is 1.40. The monoisotopic (exact) mass is 510 g/mol. The smallest absolute Gasteiger partial charge is 0.341 e. The van der Waals surface area contributed by atoms with Gasteiger partial charge in [0.05, 0.1) is 23.6 Å². The van der Waals surface area contributed by atoms with Crippen molar-refractivity contribution in [3.8, 4) is 17.3 Å². The zero-order valence-corrected chi connectivity index (χ0v) is 21.5. The molecule has 8 heteroatoms. The van der Waals surface area contributed by atoms with Crippen LogP contribution < -0.4 is 5.32 Å². The lowest BCUT2D eigenvalue weighted by atomic mass is 9.95. The van der Waals surface area contributed by atoms with Crippen LogP contribution >= 0.6 is 11.3 Å². The highest BCUT2D eigenvalue weighted by molar-refractivity contribution is 7.17. The molecule has 4 aromatic rings. The minimum absolute atomic E-state index is 0.0818. The van der Waals surface area contributed by atoms with Crippen LogP contribution in [0.2, 0.25) is 0 Å². The van der Waals surface area contributed by atoms with Gasteiger partial charge in [-0.2, -0.15) is 5.26 Å². The first-order valence-electron chi connectivity index (χ1n) is 12.3. The van der Waals surface area contributed by atoms with Crippen molar-refractivity contribution in [1.29, 1.82) is 5.26 Å². The van der Waals surface area contributed by atoms with Crippen molar-refractivity contribution in [2.45, 2.75) is 39.5 Å². The maximum Gasteiger partial charge on any atom is 0.341 e. The molecule has 0 unspecified atom stereocenters. The van der Waals surface area contributed by atoms with E-state index in [2.05, 4.69) is 11.4 Å². The number of pyridine rings is 1. The number of nitrogens with zero attached hydrogens (tertiary/aromatic N) is 3. The topological polar surface area (TPSA) is 96.5 Å². The first-order chi connectivity index (χ1) is 18.0. The molecule has 0 atom stereocenters. The molecule has 3 aromatic heterocycles. The van der Waals surface area contributed by atoms with E-state index in [0.29, 0.717) is 22.0 Å². The maximum absolute atomic E-state index is 13.4. The Morgan fingerprint density at radius 1 is 1.19 bits per heavy atom. The molecule has 3 heterocycles. The highest BCUT2D eigenvalue weighted by Gasteiger charge is 2.28. The average Bonchev–Trinajstić information content (AvgIpc) is 3.46. The van der Waals surface area contributed by atoms with E-state index in [-0.39, 0.29) is 12.2 Å².